The number of rotatable bonds is 5. The van der Waals surface area contributed by atoms with Gasteiger partial charge in [0.1, 0.15) is 5.56 Å². The van der Waals surface area contributed by atoms with E-state index in [0.29, 0.717) is 18.7 Å². The summed E-state index contributed by atoms with van der Waals surface area (Å²) in [5.74, 6) is -0.371. The third-order valence-electron chi connectivity index (χ3n) is 4.31. The minimum Gasteiger partial charge on any atom is -0.462 e. The molecule has 0 aliphatic heterocycles. The highest BCUT2D eigenvalue weighted by Gasteiger charge is 2.17. The second-order valence-corrected chi connectivity index (χ2v) is 6.02. The van der Waals surface area contributed by atoms with Crippen LogP contribution in [0.15, 0.2) is 30.6 Å². The van der Waals surface area contributed by atoms with Crippen molar-refractivity contribution >= 4 is 22.6 Å². The zero-order valence-electron chi connectivity index (χ0n) is 15.0. The number of esters is 1. The van der Waals surface area contributed by atoms with E-state index in [9.17, 15) is 4.79 Å². The third kappa shape index (κ3) is 3.33. The first-order chi connectivity index (χ1) is 12.0. The molecule has 130 valence electrons. The smallest absolute Gasteiger partial charge is 0.341 e. The van der Waals surface area contributed by atoms with Crippen LogP contribution in [-0.2, 0) is 18.3 Å². The number of hydrogen-bond acceptors (Lipinski definition) is 5. The number of aryl methyl sites for hydroxylation is 2. The SMILES string of the molecule is CCOC(=O)c1cnc2ccc(C)cc2c1NCc1cnn(C)c1C. The number of anilines is 1. The minimum atomic E-state index is -0.371. The fourth-order valence-electron chi connectivity index (χ4n) is 2.76. The maximum atomic E-state index is 12.4. The van der Waals surface area contributed by atoms with Gasteiger partial charge in [0.05, 0.1) is 24.0 Å². The lowest BCUT2D eigenvalue weighted by Gasteiger charge is -2.14. The van der Waals surface area contributed by atoms with Crippen molar-refractivity contribution in [1.82, 2.24) is 14.8 Å². The summed E-state index contributed by atoms with van der Waals surface area (Å²) in [6, 6.07) is 6.00. The molecule has 0 aliphatic rings. The van der Waals surface area contributed by atoms with Gasteiger partial charge in [-0.2, -0.15) is 5.10 Å². The van der Waals surface area contributed by atoms with Crippen LogP contribution in [0.2, 0.25) is 0 Å². The van der Waals surface area contributed by atoms with E-state index in [1.165, 1.54) is 0 Å². The first kappa shape index (κ1) is 17.0. The van der Waals surface area contributed by atoms with Gasteiger partial charge in [-0.15, -0.1) is 0 Å². The molecule has 0 atom stereocenters. The monoisotopic (exact) mass is 338 g/mol. The lowest BCUT2D eigenvalue weighted by Crippen LogP contribution is -2.11. The molecule has 3 aromatic rings. The quantitative estimate of drug-likeness (QED) is 0.722. The Balaban J connectivity index is 2.05. The fourth-order valence-corrected chi connectivity index (χ4v) is 2.76. The second-order valence-electron chi connectivity index (χ2n) is 6.02. The van der Waals surface area contributed by atoms with Gasteiger partial charge in [-0.3, -0.25) is 9.67 Å². The van der Waals surface area contributed by atoms with Crippen molar-refractivity contribution < 1.29 is 9.53 Å². The number of nitrogens with zero attached hydrogens (tertiary/aromatic N) is 3. The van der Waals surface area contributed by atoms with Crippen LogP contribution in [0.25, 0.3) is 10.9 Å². The summed E-state index contributed by atoms with van der Waals surface area (Å²) in [4.78, 5) is 16.8. The van der Waals surface area contributed by atoms with Gasteiger partial charge >= 0.3 is 5.97 Å². The molecule has 6 heteroatoms. The number of benzene rings is 1. The number of fused-ring (bicyclic) bond motifs is 1. The molecule has 3 rings (SSSR count). The Labute approximate surface area is 146 Å². The van der Waals surface area contributed by atoms with E-state index in [1.807, 2.05) is 50.0 Å². The summed E-state index contributed by atoms with van der Waals surface area (Å²) in [5, 5.41) is 8.57. The van der Waals surface area contributed by atoms with Crippen LogP contribution in [0.3, 0.4) is 0 Å². The molecule has 0 aliphatic carbocycles. The Morgan fingerprint density at radius 3 is 2.76 bits per heavy atom. The van der Waals surface area contributed by atoms with Crippen LogP contribution in [0, 0.1) is 13.8 Å². The van der Waals surface area contributed by atoms with Crippen molar-refractivity contribution in [2.75, 3.05) is 11.9 Å². The fraction of sp³-hybridized carbons (Fsp3) is 0.316. The summed E-state index contributed by atoms with van der Waals surface area (Å²) in [5.41, 5.74) is 5.30. The highest BCUT2D eigenvalue weighted by atomic mass is 16.5. The molecule has 0 unspecified atom stereocenters. The molecule has 0 saturated heterocycles. The van der Waals surface area contributed by atoms with Crippen LogP contribution in [0.4, 0.5) is 5.69 Å². The molecule has 6 nitrogen and oxygen atoms in total. The Morgan fingerprint density at radius 2 is 2.08 bits per heavy atom. The van der Waals surface area contributed by atoms with Gasteiger partial charge in [0.25, 0.3) is 0 Å². The molecular weight excluding hydrogens is 316 g/mol. The molecule has 0 amide bonds. The van der Waals surface area contributed by atoms with E-state index in [1.54, 1.807) is 13.1 Å². The molecule has 0 spiro atoms. The van der Waals surface area contributed by atoms with Crippen LogP contribution >= 0.6 is 0 Å². The molecule has 0 bridgehead atoms. The van der Waals surface area contributed by atoms with Crippen molar-refractivity contribution in [3.8, 4) is 0 Å². The number of ether oxygens (including phenoxy) is 1. The van der Waals surface area contributed by atoms with Crippen molar-refractivity contribution in [3.63, 3.8) is 0 Å². The first-order valence-corrected chi connectivity index (χ1v) is 8.29. The number of aromatic nitrogens is 3. The van der Waals surface area contributed by atoms with Gasteiger partial charge in [0, 0.05) is 36.4 Å². The lowest BCUT2D eigenvalue weighted by molar-refractivity contribution is 0.0527. The largest absolute Gasteiger partial charge is 0.462 e. The Kier molecular flexibility index (Phi) is 4.70. The maximum Gasteiger partial charge on any atom is 0.341 e. The number of pyridine rings is 1. The molecule has 0 saturated carbocycles. The lowest BCUT2D eigenvalue weighted by atomic mass is 10.1. The van der Waals surface area contributed by atoms with Gasteiger partial charge in [0.2, 0.25) is 0 Å². The van der Waals surface area contributed by atoms with E-state index in [4.69, 9.17) is 4.74 Å². The average Bonchev–Trinajstić information content (AvgIpc) is 2.91. The highest BCUT2D eigenvalue weighted by molar-refractivity contribution is 6.05. The molecule has 1 aromatic carbocycles. The summed E-state index contributed by atoms with van der Waals surface area (Å²) < 4.78 is 7.02. The topological polar surface area (TPSA) is 69.0 Å². The predicted octanol–water partition coefficient (Wildman–Crippen LogP) is 3.37. The molecule has 0 radical (unpaired) electrons. The first-order valence-electron chi connectivity index (χ1n) is 8.29. The van der Waals surface area contributed by atoms with Crippen molar-refractivity contribution in [3.05, 3.63) is 53.0 Å². The van der Waals surface area contributed by atoms with Gasteiger partial charge in [-0.05, 0) is 32.9 Å². The summed E-state index contributed by atoms with van der Waals surface area (Å²) >= 11 is 0. The van der Waals surface area contributed by atoms with Crippen molar-refractivity contribution in [2.24, 2.45) is 7.05 Å². The van der Waals surface area contributed by atoms with E-state index in [-0.39, 0.29) is 5.97 Å². The number of carbonyl (C=O) groups excluding carboxylic acids is 1. The van der Waals surface area contributed by atoms with Crippen LogP contribution in [0.1, 0.15) is 34.1 Å². The molecule has 0 fully saturated rings. The normalized spacial score (nSPS) is 10.9. The Morgan fingerprint density at radius 1 is 1.28 bits per heavy atom. The third-order valence-corrected chi connectivity index (χ3v) is 4.31. The van der Waals surface area contributed by atoms with Crippen molar-refractivity contribution in [2.45, 2.75) is 27.3 Å². The van der Waals surface area contributed by atoms with E-state index in [0.717, 1.165) is 33.4 Å². The average molecular weight is 338 g/mol. The molecular formula is C19H22N4O2. The highest BCUT2D eigenvalue weighted by Crippen LogP contribution is 2.28. The molecule has 25 heavy (non-hydrogen) atoms. The standard InChI is InChI=1S/C19H22N4O2/c1-5-25-19(24)16-11-20-17-7-6-12(2)8-15(17)18(16)21-9-14-10-22-23(4)13(14)3/h6-8,10-11H,5,9H2,1-4H3,(H,20,21). The molecule has 1 N–H and O–H groups in total. The molecule has 2 aromatic heterocycles. The van der Waals surface area contributed by atoms with Gasteiger partial charge < -0.3 is 10.1 Å². The van der Waals surface area contributed by atoms with E-state index < -0.39 is 0 Å². The minimum absolute atomic E-state index is 0.325. The second kappa shape index (κ2) is 6.93. The van der Waals surface area contributed by atoms with Crippen LogP contribution in [0.5, 0.6) is 0 Å². The zero-order valence-corrected chi connectivity index (χ0v) is 15.0. The van der Waals surface area contributed by atoms with E-state index in [2.05, 4.69) is 15.4 Å². The Bertz CT molecular complexity index is 931. The number of hydrogen-bond donors (Lipinski definition) is 1. The van der Waals surface area contributed by atoms with Crippen LogP contribution < -0.4 is 5.32 Å². The van der Waals surface area contributed by atoms with Gasteiger partial charge in [0.15, 0.2) is 0 Å². The summed E-state index contributed by atoms with van der Waals surface area (Å²) in [7, 11) is 1.91. The number of carbonyl (C=O) groups is 1. The molecule has 2 heterocycles. The van der Waals surface area contributed by atoms with Crippen LogP contribution in [-0.4, -0.2) is 27.3 Å². The summed E-state index contributed by atoms with van der Waals surface area (Å²) in [6.07, 6.45) is 3.41. The Hall–Kier alpha value is -2.89. The summed E-state index contributed by atoms with van der Waals surface area (Å²) in [6.45, 7) is 6.73. The zero-order chi connectivity index (χ0) is 18.0. The van der Waals surface area contributed by atoms with Crippen molar-refractivity contribution in [1.29, 1.82) is 0 Å². The number of nitrogens with one attached hydrogen (secondary N) is 1. The van der Waals surface area contributed by atoms with Gasteiger partial charge in [-0.1, -0.05) is 11.6 Å². The predicted molar refractivity (Wildman–Crippen MR) is 97.7 cm³/mol. The maximum absolute atomic E-state index is 12.4. The van der Waals surface area contributed by atoms with Gasteiger partial charge in [-0.25, -0.2) is 4.79 Å². The van der Waals surface area contributed by atoms with E-state index >= 15 is 0 Å².